The Labute approximate surface area is 117 Å². The molecule has 0 bridgehead atoms. The highest BCUT2D eigenvalue weighted by atomic mass is 35.5. The molecule has 0 aromatic heterocycles. The van der Waals surface area contributed by atoms with Crippen LogP contribution in [0.2, 0.25) is 0 Å². The molecule has 1 amide bonds. The Morgan fingerprint density at radius 3 is 2.06 bits per heavy atom. The number of carbonyl (C=O) groups excluding carboxylic acids is 1. The van der Waals surface area contributed by atoms with E-state index in [0.717, 1.165) is 13.1 Å². The summed E-state index contributed by atoms with van der Waals surface area (Å²) < 4.78 is 0. The molecule has 6 heteroatoms. The minimum absolute atomic E-state index is 0. The minimum atomic E-state index is -0.434. The summed E-state index contributed by atoms with van der Waals surface area (Å²) in [5, 5.41) is 3.41. The smallest absolute Gasteiger partial charge is 0.229 e. The summed E-state index contributed by atoms with van der Waals surface area (Å²) in [6.45, 7) is 9.99. The molecule has 17 heavy (non-hydrogen) atoms. The number of nitrogens with two attached hydrogens (primary N) is 1. The number of rotatable bonds is 2. The molecule has 1 fully saturated rings. The lowest BCUT2D eigenvalue weighted by Gasteiger charge is -2.39. The summed E-state index contributed by atoms with van der Waals surface area (Å²) in [5.74, 6) is 0.171. The zero-order chi connectivity index (χ0) is 11.6. The minimum Gasteiger partial charge on any atom is -0.339 e. The molecule has 0 aromatic rings. The quantitative estimate of drug-likeness (QED) is 0.797. The maximum absolute atomic E-state index is 12.2. The number of hydrogen-bond acceptors (Lipinski definition) is 3. The van der Waals surface area contributed by atoms with Gasteiger partial charge >= 0.3 is 0 Å². The van der Waals surface area contributed by atoms with Gasteiger partial charge in [-0.05, 0) is 27.7 Å². The van der Waals surface area contributed by atoms with E-state index in [2.05, 4.69) is 19.2 Å². The van der Waals surface area contributed by atoms with Gasteiger partial charge in [0.05, 0.1) is 5.41 Å². The number of amides is 1. The first-order valence-corrected chi connectivity index (χ1v) is 5.62. The molecule has 3 N–H and O–H groups in total. The van der Waals surface area contributed by atoms with Gasteiger partial charge in [-0.25, -0.2) is 0 Å². The molecule has 1 aliphatic rings. The molecule has 0 spiro atoms. The van der Waals surface area contributed by atoms with Gasteiger partial charge in [0.2, 0.25) is 5.91 Å². The third-order valence-corrected chi connectivity index (χ3v) is 2.93. The van der Waals surface area contributed by atoms with Crippen LogP contribution in [0.5, 0.6) is 0 Å². The van der Waals surface area contributed by atoms with Gasteiger partial charge in [0.15, 0.2) is 0 Å². The van der Waals surface area contributed by atoms with Crippen molar-refractivity contribution >= 4 is 30.7 Å². The molecule has 0 radical (unpaired) electrons. The largest absolute Gasteiger partial charge is 0.339 e. The molecule has 1 saturated heterocycles. The fourth-order valence-corrected chi connectivity index (χ4v) is 2.01. The summed E-state index contributed by atoms with van der Waals surface area (Å²) in [7, 11) is 0. The first-order valence-electron chi connectivity index (χ1n) is 5.62. The number of hydrogen-bond donors (Lipinski definition) is 2. The van der Waals surface area contributed by atoms with Crippen molar-refractivity contribution in [2.45, 2.75) is 39.8 Å². The Kier molecular flexibility index (Phi) is 8.42. The van der Waals surface area contributed by atoms with Crippen LogP contribution < -0.4 is 11.1 Å². The van der Waals surface area contributed by atoms with Crippen molar-refractivity contribution in [3.05, 3.63) is 0 Å². The van der Waals surface area contributed by atoms with Crippen LogP contribution in [-0.4, -0.2) is 42.5 Å². The van der Waals surface area contributed by atoms with Crippen molar-refractivity contribution in [2.75, 3.05) is 19.6 Å². The van der Waals surface area contributed by atoms with Crippen molar-refractivity contribution in [3.8, 4) is 0 Å². The van der Waals surface area contributed by atoms with Gasteiger partial charge in [-0.2, -0.15) is 0 Å². The van der Waals surface area contributed by atoms with Crippen LogP contribution >= 0.6 is 24.8 Å². The Balaban J connectivity index is 0. The summed E-state index contributed by atoms with van der Waals surface area (Å²) in [6, 6.07) is 0.734. The topological polar surface area (TPSA) is 58.4 Å². The van der Waals surface area contributed by atoms with Crippen LogP contribution in [0.4, 0.5) is 0 Å². The monoisotopic (exact) mass is 285 g/mol. The van der Waals surface area contributed by atoms with Gasteiger partial charge in [0.1, 0.15) is 0 Å². The molecular weight excluding hydrogens is 261 g/mol. The van der Waals surface area contributed by atoms with Crippen LogP contribution in [0.3, 0.4) is 0 Å². The second-order valence-electron chi connectivity index (χ2n) is 5.27. The Hall–Kier alpha value is -0.0300. The number of carbonyl (C=O) groups is 1. The van der Waals surface area contributed by atoms with E-state index < -0.39 is 5.41 Å². The molecule has 0 aromatic carbocycles. The summed E-state index contributed by atoms with van der Waals surface area (Å²) in [4.78, 5) is 14.1. The normalized spacial score (nSPS) is 24.6. The molecule has 0 aliphatic carbocycles. The molecule has 1 rings (SSSR count). The highest BCUT2D eigenvalue weighted by Crippen LogP contribution is 2.19. The van der Waals surface area contributed by atoms with Gasteiger partial charge in [-0.15, -0.1) is 24.8 Å². The SMILES string of the molecule is CC1CN(C(=O)C(C)(C)CN)CC(C)N1.Cl.Cl. The average Bonchev–Trinajstić information content (AvgIpc) is 2.15. The van der Waals surface area contributed by atoms with Crippen LogP contribution in [0.15, 0.2) is 0 Å². The highest BCUT2D eigenvalue weighted by molar-refractivity contribution is 5.85. The van der Waals surface area contributed by atoms with E-state index in [4.69, 9.17) is 5.73 Å². The van der Waals surface area contributed by atoms with E-state index in [1.165, 1.54) is 0 Å². The maximum atomic E-state index is 12.2. The molecule has 1 aliphatic heterocycles. The third-order valence-electron chi connectivity index (χ3n) is 2.93. The van der Waals surface area contributed by atoms with Crippen molar-refractivity contribution in [1.29, 1.82) is 0 Å². The molecular formula is C11H25Cl2N3O. The van der Waals surface area contributed by atoms with E-state index in [1.54, 1.807) is 0 Å². The van der Waals surface area contributed by atoms with Crippen LogP contribution in [0.1, 0.15) is 27.7 Å². The molecule has 2 atom stereocenters. The first kappa shape index (κ1) is 19.3. The fourth-order valence-electron chi connectivity index (χ4n) is 2.01. The van der Waals surface area contributed by atoms with Crippen molar-refractivity contribution in [2.24, 2.45) is 11.1 Å². The maximum Gasteiger partial charge on any atom is 0.229 e. The molecule has 4 nitrogen and oxygen atoms in total. The standard InChI is InChI=1S/C11H23N3O.2ClH/c1-8-5-14(6-9(2)13-8)10(15)11(3,4)7-12;;/h8-9,13H,5-7,12H2,1-4H3;2*1H. The Bertz CT molecular complexity index is 239. The molecule has 2 unspecified atom stereocenters. The van der Waals surface area contributed by atoms with E-state index in [-0.39, 0.29) is 30.7 Å². The predicted octanol–water partition coefficient (Wildman–Crippen LogP) is 1.02. The van der Waals surface area contributed by atoms with E-state index in [1.807, 2.05) is 18.7 Å². The highest BCUT2D eigenvalue weighted by Gasteiger charge is 2.33. The van der Waals surface area contributed by atoms with Crippen molar-refractivity contribution < 1.29 is 4.79 Å². The van der Waals surface area contributed by atoms with Gasteiger partial charge in [0.25, 0.3) is 0 Å². The van der Waals surface area contributed by atoms with E-state index in [9.17, 15) is 4.79 Å². The van der Waals surface area contributed by atoms with Gasteiger partial charge < -0.3 is 16.0 Å². The molecule has 104 valence electrons. The third kappa shape index (κ3) is 5.00. The van der Waals surface area contributed by atoms with E-state index >= 15 is 0 Å². The van der Waals surface area contributed by atoms with Crippen molar-refractivity contribution in [1.82, 2.24) is 10.2 Å². The van der Waals surface area contributed by atoms with Gasteiger partial charge in [-0.3, -0.25) is 4.79 Å². The average molecular weight is 286 g/mol. The van der Waals surface area contributed by atoms with Crippen LogP contribution in [0, 0.1) is 5.41 Å². The number of halogens is 2. The van der Waals surface area contributed by atoms with E-state index in [0.29, 0.717) is 18.6 Å². The van der Waals surface area contributed by atoms with Crippen LogP contribution in [-0.2, 0) is 4.79 Å². The zero-order valence-corrected chi connectivity index (χ0v) is 12.7. The van der Waals surface area contributed by atoms with Gasteiger partial charge in [-0.1, -0.05) is 0 Å². The second-order valence-corrected chi connectivity index (χ2v) is 5.27. The molecule has 0 saturated carbocycles. The second kappa shape index (κ2) is 7.41. The lowest BCUT2D eigenvalue weighted by molar-refractivity contribution is -0.141. The number of nitrogens with zero attached hydrogens (tertiary/aromatic N) is 1. The predicted molar refractivity (Wildman–Crippen MR) is 76.0 cm³/mol. The van der Waals surface area contributed by atoms with Gasteiger partial charge in [0, 0.05) is 31.7 Å². The number of nitrogens with one attached hydrogen (secondary N) is 1. The summed E-state index contributed by atoms with van der Waals surface area (Å²) in [5.41, 5.74) is 5.19. The van der Waals surface area contributed by atoms with Crippen LogP contribution in [0.25, 0.3) is 0 Å². The fraction of sp³-hybridized carbons (Fsp3) is 0.909. The number of piperazine rings is 1. The Morgan fingerprint density at radius 1 is 1.29 bits per heavy atom. The first-order chi connectivity index (χ1) is 6.86. The molecule has 1 heterocycles. The van der Waals surface area contributed by atoms with Crippen molar-refractivity contribution in [3.63, 3.8) is 0 Å². The lowest BCUT2D eigenvalue weighted by Crippen LogP contribution is -2.58. The lowest BCUT2D eigenvalue weighted by atomic mass is 9.91. The summed E-state index contributed by atoms with van der Waals surface area (Å²) in [6.07, 6.45) is 0. The zero-order valence-electron chi connectivity index (χ0n) is 11.0. The summed E-state index contributed by atoms with van der Waals surface area (Å²) >= 11 is 0. The Morgan fingerprint density at radius 2 is 1.71 bits per heavy atom.